The van der Waals surface area contributed by atoms with Gasteiger partial charge in [-0.1, -0.05) is 11.8 Å². The van der Waals surface area contributed by atoms with E-state index >= 15 is 0 Å². The van der Waals surface area contributed by atoms with Crippen molar-refractivity contribution in [2.24, 2.45) is 4.99 Å². The SMILES string of the molecule is COc1cccc(O)c1-n1c(NS(=O)(=O)[C@@H](C)[C@H](O)c2ncc(C)cn2)nnc1C1=C=C=CC(C)=N1. The van der Waals surface area contributed by atoms with Gasteiger partial charge in [-0.25, -0.2) is 23.4 Å². The van der Waals surface area contributed by atoms with E-state index in [0.717, 1.165) is 5.56 Å². The minimum Gasteiger partial charge on any atom is -0.506 e. The van der Waals surface area contributed by atoms with E-state index in [1.54, 1.807) is 32.1 Å². The van der Waals surface area contributed by atoms with Crippen LogP contribution in [-0.2, 0) is 10.0 Å². The number of sulfonamides is 1. The average molecular weight is 510 g/mol. The zero-order valence-electron chi connectivity index (χ0n) is 19.8. The van der Waals surface area contributed by atoms with Crippen LogP contribution < -0.4 is 9.46 Å². The largest absolute Gasteiger partial charge is 0.506 e. The first-order valence-electron chi connectivity index (χ1n) is 10.7. The molecule has 0 saturated carbocycles. The van der Waals surface area contributed by atoms with Gasteiger partial charge in [0.2, 0.25) is 16.0 Å². The number of aliphatic imine (C=N–C) groups is 1. The molecule has 0 bridgehead atoms. The molecule has 0 unspecified atom stereocenters. The van der Waals surface area contributed by atoms with E-state index in [4.69, 9.17) is 4.74 Å². The molecule has 0 spiro atoms. The van der Waals surface area contributed by atoms with E-state index in [0.29, 0.717) is 5.71 Å². The molecule has 1 aliphatic heterocycles. The third-order valence-corrected chi connectivity index (χ3v) is 6.99. The normalized spacial score (nSPS) is 14.7. The zero-order chi connectivity index (χ0) is 26.0. The number of hydrogen-bond acceptors (Lipinski definition) is 10. The van der Waals surface area contributed by atoms with Gasteiger partial charge < -0.3 is 14.9 Å². The van der Waals surface area contributed by atoms with E-state index in [1.165, 1.54) is 37.1 Å². The highest BCUT2D eigenvalue weighted by Crippen LogP contribution is 2.36. The summed E-state index contributed by atoms with van der Waals surface area (Å²) in [6.07, 6.45) is 3.05. The summed E-state index contributed by atoms with van der Waals surface area (Å²) in [7, 11) is -2.88. The molecule has 4 rings (SSSR count). The topological polar surface area (TPSA) is 165 Å². The van der Waals surface area contributed by atoms with Crippen molar-refractivity contribution in [3.05, 3.63) is 65.3 Å². The summed E-state index contributed by atoms with van der Waals surface area (Å²) in [6.45, 7) is 4.83. The fourth-order valence-corrected chi connectivity index (χ4v) is 4.36. The van der Waals surface area contributed by atoms with E-state index in [1.807, 2.05) is 0 Å². The third kappa shape index (κ3) is 4.77. The number of aliphatic hydroxyl groups is 1. The smallest absolute Gasteiger partial charge is 0.243 e. The van der Waals surface area contributed by atoms with Crippen LogP contribution in [0.25, 0.3) is 11.4 Å². The standard InChI is InChI=1S/C23H23N7O5S/c1-13-11-24-21(25-12-13)20(32)15(3)36(33,34)29-23-28-27-22(16-8-5-7-14(2)26-16)30(23)19-17(31)9-6-10-18(19)35-4/h6-7,9-12,15,20,31-32H,1-4H3,(H,28,29)/t15-,20-/m0/s1. The molecule has 2 aromatic heterocycles. The summed E-state index contributed by atoms with van der Waals surface area (Å²) in [5.74, 6) is -0.257. The van der Waals surface area contributed by atoms with Crippen molar-refractivity contribution in [3.8, 4) is 17.2 Å². The number of nitrogens with zero attached hydrogens (tertiary/aromatic N) is 6. The third-order valence-electron chi connectivity index (χ3n) is 5.29. The molecule has 3 N–H and O–H groups in total. The van der Waals surface area contributed by atoms with Gasteiger partial charge in [-0.2, -0.15) is 0 Å². The molecule has 3 heterocycles. The number of allylic oxidation sites excluding steroid dienone is 1. The number of ether oxygens (including phenoxy) is 1. The minimum absolute atomic E-state index is 0.0444. The number of aliphatic hydroxyl groups excluding tert-OH is 1. The highest BCUT2D eigenvalue weighted by Gasteiger charge is 2.34. The van der Waals surface area contributed by atoms with Crippen LogP contribution in [0.3, 0.4) is 0 Å². The highest BCUT2D eigenvalue weighted by atomic mass is 32.2. The van der Waals surface area contributed by atoms with E-state index in [-0.39, 0.29) is 40.5 Å². The van der Waals surface area contributed by atoms with Gasteiger partial charge in [-0.15, -0.1) is 10.2 Å². The van der Waals surface area contributed by atoms with Gasteiger partial charge in [0, 0.05) is 24.2 Å². The minimum atomic E-state index is -4.27. The number of rotatable bonds is 8. The van der Waals surface area contributed by atoms with Crippen LogP contribution in [0.1, 0.15) is 37.2 Å². The molecule has 1 aliphatic rings. The Hall–Kier alpha value is -4.28. The van der Waals surface area contributed by atoms with Crippen molar-refractivity contribution < 1.29 is 23.4 Å². The Kier molecular flexibility index (Phi) is 6.73. The molecule has 36 heavy (non-hydrogen) atoms. The fourth-order valence-electron chi connectivity index (χ4n) is 3.32. The number of phenols is 1. The second kappa shape index (κ2) is 9.76. The van der Waals surface area contributed by atoms with Crippen molar-refractivity contribution in [1.29, 1.82) is 0 Å². The number of nitrogens with one attached hydrogen (secondary N) is 1. The fraction of sp³-hybridized carbons (Fsp3) is 0.261. The molecule has 0 radical (unpaired) electrons. The molecule has 0 aliphatic carbocycles. The van der Waals surface area contributed by atoms with Gasteiger partial charge in [0.15, 0.2) is 17.3 Å². The monoisotopic (exact) mass is 509 g/mol. The average Bonchev–Trinajstić information content (AvgIpc) is 3.25. The summed E-state index contributed by atoms with van der Waals surface area (Å²) < 4.78 is 35.5. The molecule has 186 valence electrons. The number of phenolic OH excluding ortho intramolecular Hbond substituents is 1. The zero-order valence-corrected chi connectivity index (χ0v) is 20.6. The first kappa shape index (κ1) is 24.8. The summed E-state index contributed by atoms with van der Waals surface area (Å²) in [5.41, 5.74) is 7.29. The van der Waals surface area contributed by atoms with Crippen LogP contribution >= 0.6 is 0 Å². The van der Waals surface area contributed by atoms with Crippen molar-refractivity contribution in [3.63, 3.8) is 0 Å². The highest BCUT2D eigenvalue weighted by molar-refractivity contribution is 7.93. The molecule has 12 nitrogen and oxygen atoms in total. The number of methoxy groups -OCH3 is 1. The Morgan fingerprint density at radius 3 is 2.56 bits per heavy atom. The lowest BCUT2D eigenvalue weighted by atomic mass is 10.2. The van der Waals surface area contributed by atoms with Crippen molar-refractivity contribution in [2.45, 2.75) is 32.1 Å². The van der Waals surface area contributed by atoms with E-state index < -0.39 is 21.4 Å². The van der Waals surface area contributed by atoms with Crippen LogP contribution in [0.15, 0.2) is 53.1 Å². The molecular formula is C23H23N7O5S. The predicted molar refractivity (Wildman–Crippen MR) is 131 cm³/mol. The maximum absolute atomic E-state index is 13.3. The van der Waals surface area contributed by atoms with Crippen LogP contribution in [0.4, 0.5) is 5.95 Å². The molecule has 0 saturated heterocycles. The molecule has 3 aromatic rings. The lowest BCUT2D eigenvalue weighted by Gasteiger charge is -2.20. The Morgan fingerprint density at radius 2 is 1.89 bits per heavy atom. The van der Waals surface area contributed by atoms with Gasteiger partial charge in [-0.05, 0) is 44.2 Å². The number of hydrogen-bond donors (Lipinski definition) is 3. The van der Waals surface area contributed by atoms with E-state index in [2.05, 4.69) is 41.3 Å². The van der Waals surface area contributed by atoms with Crippen molar-refractivity contribution in [2.75, 3.05) is 11.8 Å². The van der Waals surface area contributed by atoms with Crippen molar-refractivity contribution in [1.82, 2.24) is 24.7 Å². The van der Waals surface area contributed by atoms with Crippen LogP contribution in [0, 0.1) is 6.92 Å². The Morgan fingerprint density at radius 1 is 1.17 bits per heavy atom. The molecule has 0 amide bonds. The van der Waals surface area contributed by atoms with E-state index in [9.17, 15) is 18.6 Å². The molecule has 13 heteroatoms. The quantitative estimate of drug-likeness (QED) is 0.385. The molecule has 0 fully saturated rings. The Labute approximate surface area is 207 Å². The first-order chi connectivity index (χ1) is 17.1. The number of benzene rings is 1. The summed E-state index contributed by atoms with van der Waals surface area (Å²) in [6, 6.07) is 4.55. The number of aromatic nitrogens is 5. The number of anilines is 1. The molecular weight excluding hydrogens is 486 g/mol. The lowest BCUT2D eigenvalue weighted by molar-refractivity contribution is 0.166. The van der Waals surface area contributed by atoms with Crippen LogP contribution in [0.2, 0.25) is 0 Å². The predicted octanol–water partition coefficient (Wildman–Crippen LogP) is 2.07. The van der Waals surface area contributed by atoms with Gasteiger partial charge in [-0.3, -0.25) is 9.29 Å². The second-order valence-electron chi connectivity index (χ2n) is 7.94. The number of para-hydroxylation sites is 1. The Bertz CT molecular complexity index is 1550. The summed E-state index contributed by atoms with van der Waals surface area (Å²) in [5, 5.41) is 28.0. The van der Waals surface area contributed by atoms with Gasteiger partial charge >= 0.3 is 0 Å². The maximum Gasteiger partial charge on any atom is 0.243 e. The molecule has 2 atom stereocenters. The lowest BCUT2D eigenvalue weighted by Crippen LogP contribution is -2.32. The maximum atomic E-state index is 13.3. The number of aromatic hydroxyl groups is 1. The van der Waals surface area contributed by atoms with Crippen LogP contribution in [-0.4, -0.2) is 61.4 Å². The summed E-state index contributed by atoms with van der Waals surface area (Å²) in [4.78, 5) is 12.4. The summed E-state index contributed by atoms with van der Waals surface area (Å²) >= 11 is 0. The number of aryl methyl sites for hydroxylation is 1. The van der Waals surface area contributed by atoms with Crippen LogP contribution in [0.5, 0.6) is 11.5 Å². The van der Waals surface area contributed by atoms with Crippen molar-refractivity contribution >= 4 is 27.4 Å². The van der Waals surface area contributed by atoms with Gasteiger partial charge in [0.1, 0.15) is 28.5 Å². The van der Waals surface area contributed by atoms with Gasteiger partial charge in [0.25, 0.3) is 0 Å². The first-order valence-corrected chi connectivity index (χ1v) is 12.2. The van der Waals surface area contributed by atoms with Gasteiger partial charge in [0.05, 0.1) is 7.11 Å². The second-order valence-corrected chi connectivity index (χ2v) is 9.98. The molecule has 1 aromatic carbocycles. The Balaban J connectivity index is 1.82.